The molecule has 6 rings (SSSR count). The van der Waals surface area contributed by atoms with E-state index in [1.165, 1.54) is 6.42 Å². The minimum Gasteiger partial charge on any atom is -0.389 e. The normalized spacial score (nSPS) is 34.9. The summed E-state index contributed by atoms with van der Waals surface area (Å²) < 4.78 is 5.55. The van der Waals surface area contributed by atoms with Crippen molar-refractivity contribution >= 4 is 34.1 Å². The second-order valence-corrected chi connectivity index (χ2v) is 12.2. The zero-order valence-electron chi connectivity index (χ0n) is 21.4. The molecule has 7 nitrogen and oxygen atoms in total. The summed E-state index contributed by atoms with van der Waals surface area (Å²) in [7, 11) is 4.23. The van der Waals surface area contributed by atoms with Gasteiger partial charge in [-0.25, -0.2) is 4.98 Å². The maximum atomic E-state index is 13.0. The van der Waals surface area contributed by atoms with Crippen LogP contribution in [0, 0.1) is 17.8 Å². The summed E-state index contributed by atoms with van der Waals surface area (Å²) in [6.45, 7) is 4.91. The zero-order chi connectivity index (χ0) is 25.2. The maximum Gasteiger partial charge on any atom is 0.229 e. The van der Waals surface area contributed by atoms with Crippen molar-refractivity contribution in [3.8, 4) is 0 Å². The number of nitrogens with one attached hydrogen (secondary N) is 1. The Labute approximate surface area is 218 Å². The van der Waals surface area contributed by atoms with E-state index in [2.05, 4.69) is 47.2 Å². The molecule has 6 atom stereocenters. The third-order valence-corrected chi connectivity index (χ3v) is 9.90. The summed E-state index contributed by atoms with van der Waals surface area (Å²) in [4.78, 5) is 22.2. The minimum absolute atomic E-state index is 0.108. The van der Waals surface area contributed by atoms with Gasteiger partial charge in [-0.2, -0.15) is 0 Å². The highest BCUT2D eigenvalue weighted by Crippen LogP contribution is 2.59. The minimum atomic E-state index is -0.441. The summed E-state index contributed by atoms with van der Waals surface area (Å²) in [5.74, 6) is 2.20. The van der Waals surface area contributed by atoms with Crippen LogP contribution in [-0.2, 0) is 9.53 Å². The quantitative estimate of drug-likeness (QED) is 0.635. The molecule has 4 aliphatic rings. The lowest BCUT2D eigenvalue weighted by Crippen LogP contribution is -2.56. The molecule has 2 aliphatic carbocycles. The number of amides is 1. The third kappa shape index (κ3) is 4.13. The lowest BCUT2D eigenvalue weighted by Gasteiger charge is -2.43. The number of ether oxygens (including phenoxy) is 1. The summed E-state index contributed by atoms with van der Waals surface area (Å²) in [6, 6.07) is 6.67. The molecule has 2 saturated carbocycles. The first kappa shape index (κ1) is 24.6. The van der Waals surface area contributed by atoms with Crippen molar-refractivity contribution in [1.29, 1.82) is 0 Å². The number of aromatic nitrogens is 1. The van der Waals surface area contributed by atoms with Crippen LogP contribution in [0.25, 0.3) is 10.8 Å². The van der Waals surface area contributed by atoms with Crippen molar-refractivity contribution in [3.63, 3.8) is 0 Å². The van der Waals surface area contributed by atoms with Gasteiger partial charge in [0.05, 0.1) is 24.9 Å². The van der Waals surface area contributed by atoms with Crippen LogP contribution in [0.4, 0.5) is 5.82 Å². The molecule has 2 aliphatic heterocycles. The third-order valence-electron chi connectivity index (χ3n) is 9.57. The Balaban J connectivity index is 1.15. The van der Waals surface area contributed by atoms with Gasteiger partial charge in [-0.15, -0.1) is 0 Å². The topological polar surface area (TPSA) is 77.9 Å². The molecule has 2 saturated heterocycles. The van der Waals surface area contributed by atoms with E-state index in [9.17, 15) is 9.90 Å². The number of rotatable bonds is 5. The highest BCUT2D eigenvalue weighted by molar-refractivity contribution is 6.32. The van der Waals surface area contributed by atoms with Crippen LogP contribution in [0.15, 0.2) is 24.4 Å². The van der Waals surface area contributed by atoms with Gasteiger partial charge < -0.3 is 20.1 Å². The first-order valence-corrected chi connectivity index (χ1v) is 13.7. The number of fused-ring (bicyclic) bond motifs is 2. The molecule has 36 heavy (non-hydrogen) atoms. The smallest absolute Gasteiger partial charge is 0.229 e. The van der Waals surface area contributed by atoms with E-state index < -0.39 is 6.10 Å². The Hall–Kier alpha value is -1.77. The van der Waals surface area contributed by atoms with Gasteiger partial charge in [-0.1, -0.05) is 11.6 Å². The molecule has 194 valence electrons. The predicted octanol–water partition coefficient (Wildman–Crippen LogP) is 3.74. The molecular formula is C28H37ClN4O3. The molecule has 0 radical (unpaired) electrons. The van der Waals surface area contributed by atoms with Gasteiger partial charge in [-0.3, -0.25) is 9.69 Å². The van der Waals surface area contributed by atoms with Gasteiger partial charge >= 0.3 is 0 Å². The van der Waals surface area contributed by atoms with Crippen molar-refractivity contribution in [1.82, 2.24) is 14.8 Å². The second-order valence-electron chi connectivity index (χ2n) is 11.8. The van der Waals surface area contributed by atoms with Gasteiger partial charge in [0.25, 0.3) is 0 Å². The number of likely N-dealkylation sites (tertiary alicyclic amines) is 1. The molecule has 2 N–H and O–H groups in total. The monoisotopic (exact) mass is 512 g/mol. The summed E-state index contributed by atoms with van der Waals surface area (Å²) in [5, 5.41) is 16.3. The molecule has 8 heteroatoms. The number of piperidine rings is 1. The number of anilines is 1. The first-order valence-electron chi connectivity index (χ1n) is 13.3. The van der Waals surface area contributed by atoms with Crippen molar-refractivity contribution in [2.75, 3.05) is 45.7 Å². The van der Waals surface area contributed by atoms with Gasteiger partial charge in [0, 0.05) is 28.6 Å². The van der Waals surface area contributed by atoms with Crippen molar-refractivity contribution < 1.29 is 14.6 Å². The second kappa shape index (κ2) is 9.21. The predicted molar refractivity (Wildman–Crippen MR) is 141 cm³/mol. The maximum absolute atomic E-state index is 13.0. The SMILES string of the molecule is CN(C)C1CC[C@H]2[C@H](C(=O)Nc3cc4cc(C5CCN([C@@]6(C)COC[C@H]6O)CC5)c(Cl)cc4cn3)[C@@H]12. The fraction of sp³-hybridized carbons (Fsp3) is 0.643. The van der Waals surface area contributed by atoms with Crippen LogP contribution in [0.5, 0.6) is 0 Å². The average Bonchev–Trinajstić information content (AvgIpc) is 3.21. The van der Waals surface area contributed by atoms with Crippen molar-refractivity contribution in [2.24, 2.45) is 17.8 Å². The fourth-order valence-corrected chi connectivity index (χ4v) is 7.58. The van der Waals surface area contributed by atoms with E-state index in [0.717, 1.165) is 53.7 Å². The molecule has 0 spiro atoms. The molecule has 0 bridgehead atoms. The van der Waals surface area contributed by atoms with E-state index in [0.29, 0.717) is 42.8 Å². The van der Waals surface area contributed by atoms with Gasteiger partial charge in [0.2, 0.25) is 5.91 Å². The molecule has 1 amide bonds. The van der Waals surface area contributed by atoms with E-state index >= 15 is 0 Å². The highest BCUT2D eigenvalue weighted by atomic mass is 35.5. The summed E-state index contributed by atoms with van der Waals surface area (Å²) in [5.41, 5.74) is 0.856. The van der Waals surface area contributed by atoms with Crippen LogP contribution >= 0.6 is 11.6 Å². The Morgan fingerprint density at radius 1 is 1.19 bits per heavy atom. The van der Waals surface area contributed by atoms with Crippen LogP contribution < -0.4 is 5.32 Å². The molecule has 1 aromatic carbocycles. The molecule has 4 fully saturated rings. The number of nitrogens with zero attached hydrogens (tertiary/aromatic N) is 3. The number of hydrogen-bond acceptors (Lipinski definition) is 6. The van der Waals surface area contributed by atoms with E-state index in [-0.39, 0.29) is 17.4 Å². The van der Waals surface area contributed by atoms with Crippen LogP contribution in [0.2, 0.25) is 5.02 Å². The number of carbonyl (C=O) groups excluding carboxylic acids is 1. The van der Waals surface area contributed by atoms with E-state index in [4.69, 9.17) is 16.3 Å². The Morgan fingerprint density at radius 3 is 2.67 bits per heavy atom. The molecule has 2 aromatic rings. The largest absolute Gasteiger partial charge is 0.389 e. The van der Waals surface area contributed by atoms with Crippen LogP contribution in [0.3, 0.4) is 0 Å². The van der Waals surface area contributed by atoms with Gasteiger partial charge in [0.1, 0.15) is 5.82 Å². The fourth-order valence-electron chi connectivity index (χ4n) is 7.25. The molecular weight excluding hydrogens is 476 g/mol. The Kier molecular flexibility index (Phi) is 6.28. The first-order chi connectivity index (χ1) is 17.3. The number of aliphatic hydroxyl groups is 1. The average molecular weight is 513 g/mol. The molecule has 3 heterocycles. The highest BCUT2D eigenvalue weighted by Gasteiger charge is 2.61. The van der Waals surface area contributed by atoms with E-state index in [1.54, 1.807) is 0 Å². The van der Waals surface area contributed by atoms with Crippen molar-refractivity contribution in [2.45, 2.75) is 56.2 Å². The number of aliphatic hydroxyl groups excluding tert-OH is 1. The number of halogens is 1. The van der Waals surface area contributed by atoms with E-state index in [1.807, 2.05) is 18.3 Å². The summed E-state index contributed by atoms with van der Waals surface area (Å²) in [6.07, 6.45) is 5.67. The molecule has 1 aromatic heterocycles. The summed E-state index contributed by atoms with van der Waals surface area (Å²) >= 11 is 6.74. The van der Waals surface area contributed by atoms with Crippen molar-refractivity contribution in [3.05, 3.63) is 35.0 Å². The standard InChI is InChI=1S/C28H37ClN4O3/c1-28(15-36-14-23(28)34)33-8-6-16(7-9-33)20-10-17-12-24(30-13-18(17)11-21(20)29)31-27(35)26-19-4-5-22(25(19)26)32(2)3/h10-13,16,19,22-23,25-26,34H,4-9,14-15H2,1-3H3,(H,30,31,35)/t19-,22?,23-,25-,26+,28+/m1/s1. The van der Waals surface area contributed by atoms with Gasteiger partial charge in [0.15, 0.2) is 0 Å². The zero-order valence-corrected chi connectivity index (χ0v) is 22.2. The number of pyridine rings is 1. The Morgan fingerprint density at radius 2 is 1.97 bits per heavy atom. The number of carbonyl (C=O) groups is 1. The lowest BCUT2D eigenvalue weighted by atomic mass is 9.85. The molecule has 1 unspecified atom stereocenters. The van der Waals surface area contributed by atoms with Gasteiger partial charge in [-0.05, 0) is 107 Å². The van der Waals surface area contributed by atoms with Crippen LogP contribution in [0.1, 0.15) is 44.1 Å². The number of benzene rings is 1. The number of hydrogen-bond donors (Lipinski definition) is 2. The Bertz CT molecular complexity index is 1170. The lowest BCUT2D eigenvalue weighted by molar-refractivity contribution is -0.118. The van der Waals surface area contributed by atoms with Crippen LogP contribution in [-0.4, -0.2) is 83.9 Å².